The highest BCUT2D eigenvalue weighted by atomic mass is 16.1. The van der Waals surface area contributed by atoms with Crippen molar-refractivity contribution in [3.8, 4) is 0 Å². The van der Waals surface area contributed by atoms with E-state index in [2.05, 4.69) is 44.5 Å². The standard InChI is InChI=1S/C31H40N2O3/c1-18-9-12-31(33-17-34)14-13-30(7)25(24(31)19(18)2)21(35)15-23-28(5)16-20(32-8)26(36)27(3,4)22(28)10-11-29(23,30)6/h15-16,18-19,22,24-25H,9-14H2,1-7H3/t18-,19+,22+,24+,25-,28+,29-,30-,31+/m1/s1. The third kappa shape index (κ3) is 2.83. The predicted octanol–water partition coefficient (Wildman–Crippen LogP) is 6.50. The maximum atomic E-state index is 14.3. The van der Waals surface area contributed by atoms with Crippen LogP contribution in [0.4, 0.5) is 0 Å². The third-order valence-corrected chi connectivity index (χ3v) is 12.4. The van der Waals surface area contributed by atoms with Crippen molar-refractivity contribution in [2.24, 2.45) is 56.2 Å². The molecule has 192 valence electrons. The summed E-state index contributed by atoms with van der Waals surface area (Å²) in [7, 11) is 0. The average Bonchev–Trinajstić information content (AvgIpc) is 2.81. The molecule has 0 heterocycles. The molecule has 0 radical (unpaired) electrons. The number of ketones is 2. The molecule has 3 saturated carbocycles. The van der Waals surface area contributed by atoms with Crippen LogP contribution in [0.1, 0.15) is 87.0 Å². The van der Waals surface area contributed by atoms with Gasteiger partial charge in [0.25, 0.3) is 0 Å². The summed E-state index contributed by atoms with van der Waals surface area (Å²) in [4.78, 5) is 47.2. The lowest BCUT2D eigenvalue weighted by molar-refractivity contribution is -0.161. The van der Waals surface area contributed by atoms with Crippen LogP contribution < -0.4 is 0 Å². The van der Waals surface area contributed by atoms with E-state index in [9.17, 15) is 14.4 Å². The quantitative estimate of drug-likeness (QED) is 0.240. The van der Waals surface area contributed by atoms with Crippen LogP contribution in [0.3, 0.4) is 0 Å². The Bertz CT molecular complexity index is 1200. The van der Waals surface area contributed by atoms with Crippen molar-refractivity contribution in [3.05, 3.63) is 34.8 Å². The van der Waals surface area contributed by atoms with E-state index in [1.165, 1.54) is 0 Å². The first kappa shape index (κ1) is 25.3. The lowest BCUT2D eigenvalue weighted by Gasteiger charge is -2.69. The van der Waals surface area contributed by atoms with E-state index in [0.29, 0.717) is 5.92 Å². The fourth-order valence-electron chi connectivity index (χ4n) is 10.1. The number of aliphatic imine (C=N–C) groups is 1. The molecule has 5 nitrogen and oxygen atoms in total. The van der Waals surface area contributed by atoms with Gasteiger partial charge in [0.05, 0.1) is 12.1 Å². The molecule has 0 unspecified atom stereocenters. The molecule has 0 aromatic heterocycles. The predicted molar refractivity (Wildman–Crippen MR) is 138 cm³/mol. The fourth-order valence-corrected chi connectivity index (χ4v) is 10.1. The first-order valence-corrected chi connectivity index (χ1v) is 13.7. The second-order valence-electron chi connectivity index (χ2n) is 14.0. The molecule has 0 N–H and O–H groups in total. The molecule has 0 aliphatic heterocycles. The maximum absolute atomic E-state index is 14.3. The molecule has 36 heavy (non-hydrogen) atoms. The average molecular weight is 489 g/mol. The van der Waals surface area contributed by atoms with Gasteiger partial charge in [-0.3, -0.25) is 4.79 Å². The molecule has 0 aromatic carbocycles. The van der Waals surface area contributed by atoms with Crippen LogP contribution in [-0.2, 0) is 14.4 Å². The van der Waals surface area contributed by atoms with Gasteiger partial charge in [0.2, 0.25) is 11.8 Å². The summed E-state index contributed by atoms with van der Waals surface area (Å²) in [6.45, 7) is 23.0. The van der Waals surface area contributed by atoms with Gasteiger partial charge in [-0.2, -0.15) is 4.99 Å². The van der Waals surface area contributed by atoms with Crippen molar-refractivity contribution in [2.75, 3.05) is 0 Å². The molecule has 3 fully saturated rings. The van der Waals surface area contributed by atoms with E-state index in [4.69, 9.17) is 6.57 Å². The van der Waals surface area contributed by atoms with Crippen LogP contribution >= 0.6 is 0 Å². The van der Waals surface area contributed by atoms with Crippen LogP contribution in [0.15, 0.2) is 28.4 Å². The highest BCUT2D eigenvalue weighted by molar-refractivity contribution is 6.03. The number of carbonyl (C=O) groups is 2. The molecule has 5 aliphatic rings. The highest BCUT2D eigenvalue weighted by Crippen LogP contribution is 2.73. The second-order valence-corrected chi connectivity index (χ2v) is 14.0. The number of allylic oxidation sites excluding steroid dienone is 4. The lowest BCUT2D eigenvalue weighted by atomic mass is 9.35. The minimum atomic E-state index is -0.653. The van der Waals surface area contributed by atoms with Crippen LogP contribution in [0, 0.1) is 57.8 Å². The van der Waals surface area contributed by atoms with Crippen molar-refractivity contribution in [1.29, 1.82) is 0 Å². The second kappa shape index (κ2) is 7.61. The minimum Gasteiger partial charge on any atom is -0.307 e. The van der Waals surface area contributed by atoms with Gasteiger partial charge in [-0.1, -0.05) is 60.1 Å². The largest absolute Gasteiger partial charge is 0.307 e. The Hall–Kier alpha value is -2.31. The van der Waals surface area contributed by atoms with E-state index in [-0.39, 0.29) is 51.8 Å². The van der Waals surface area contributed by atoms with Gasteiger partial charge >= 0.3 is 0 Å². The van der Waals surface area contributed by atoms with Gasteiger partial charge in [0.1, 0.15) is 0 Å². The van der Waals surface area contributed by atoms with E-state index >= 15 is 0 Å². The zero-order valence-electron chi connectivity index (χ0n) is 22.9. The number of Topliss-reactive ketones (excluding diaryl/α,β-unsaturated/α-hetero) is 1. The van der Waals surface area contributed by atoms with Crippen molar-refractivity contribution in [3.63, 3.8) is 0 Å². The molecule has 0 amide bonds. The Morgan fingerprint density at radius 3 is 2.36 bits per heavy atom. The van der Waals surface area contributed by atoms with Crippen LogP contribution in [0.5, 0.6) is 0 Å². The Labute approximate surface area is 215 Å². The van der Waals surface area contributed by atoms with Gasteiger partial charge in [-0.15, -0.1) is 0 Å². The lowest BCUT2D eigenvalue weighted by Crippen LogP contribution is -2.66. The molecule has 9 atom stereocenters. The van der Waals surface area contributed by atoms with Crippen molar-refractivity contribution in [2.45, 2.75) is 92.5 Å². The highest BCUT2D eigenvalue weighted by Gasteiger charge is 2.70. The van der Waals surface area contributed by atoms with E-state index in [0.717, 1.165) is 44.1 Å². The fraction of sp³-hybridized carbons (Fsp3) is 0.742. The third-order valence-electron chi connectivity index (χ3n) is 12.4. The first-order valence-electron chi connectivity index (χ1n) is 13.7. The van der Waals surface area contributed by atoms with E-state index in [1.807, 2.05) is 32.1 Å². The van der Waals surface area contributed by atoms with Gasteiger partial charge < -0.3 is 4.79 Å². The molecule has 0 bridgehead atoms. The van der Waals surface area contributed by atoms with Gasteiger partial charge in [0.15, 0.2) is 11.6 Å². The summed E-state index contributed by atoms with van der Waals surface area (Å²) < 4.78 is 0. The SMILES string of the molecule is [C-]#[N+]C1=C[C@]2(C)C3=CC(=O)[C@@H]4[C@@H]5[C@@H](C)[C@H](C)CC[C@]5(N=C=O)CC[C@@]4(C)[C@]3(C)CC[C@H]2C(C)(C)C1=O. The molecule has 0 spiro atoms. The van der Waals surface area contributed by atoms with Gasteiger partial charge in [-0.05, 0) is 79.1 Å². The molecule has 0 aromatic rings. The van der Waals surface area contributed by atoms with Gasteiger partial charge in [0, 0.05) is 16.7 Å². The summed E-state index contributed by atoms with van der Waals surface area (Å²) >= 11 is 0. The molecule has 0 saturated heterocycles. The smallest absolute Gasteiger partial charge is 0.235 e. The Kier molecular flexibility index (Phi) is 5.36. The van der Waals surface area contributed by atoms with Crippen LogP contribution in [0.2, 0.25) is 0 Å². The Morgan fingerprint density at radius 2 is 1.72 bits per heavy atom. The monoisotopic (exact) mass is 488 g/mol. The molecule has 5 aliphatic carbocycles. The Balaban J connectivity index is 1.72. The summed E-state index contributed by atoms with van der Waals surface area (Å²) in [6.07, 6.45) is 11.0. The number of hydrogen-bond acceptors (Lipinski definition) is 4. The summed E-state index contributed by atoms with van der Waals surface area (Å²) in [5.74, 6) is 0.706. The first-order chi connectivity index (χ1) is 16.7. The van der Waals surface area contributed by atoms with Crippen LogP contribution in [-0.4, -0.2) is 23.2 Å². The number of hydrogen-bond donors (Lipinski definition) is 0. The number of nitrogens with zero attached hydrogens (tertiary/aromatic N) is 2. The van der Waals surface area contributed by atoms with Crippen LogP contribution in [0.25, 0.3) is 4.85 Å². The topological polar surface area (TPSA) is 67.9 Å². The zero-order chi connectivity index (χ0) is 26.5. The maximum Gasteiger partial charge on any atom is 0.235 e. The van der Waals surface area contributed by atoms with Gasteiger partial charge in [-0.25, -0.2) is 9.64 Å². The number of fused-ring (bicyclic) bond motifs is 7. The zero-order valence-corrected chi connectivity index (χ0v) is 22.9. The van der Waals surface area contributed by atoms with E-state index < -0.39 is 16.4 Å². The number of carbonyl (C=O) groups excluding carboxylic acids is 3. The van der Waals surface area contributed by atoms with E-state index in [1.54, 1.807) is 0 Å². The minimum absolute atomic E-state index is 0.0211. The summed E-state index contributed by atoms with van der Waals surface area (Å²) in [5.41, 5.74) is -0.866. The van der Waals surface area contributed by atoms with Crippen molar-refractivity contribution >= 4 is 17.6 Å². The molecule has 5 rings (SSSR count). The molecular formula is C31H40N2O3. The number of rotatable bonds is 1. The van der Waals surface area contributed by atoms with Crippen molar-refractivity contribution < 1.29 is 14.4 Å². The number of isocyanates is 1. The Morgan fingerprint density at radius 1 is 1.03 bits per heavy atom. The summed E-state index contributed by atoms with van der Waals surface area (Å²) in [6, 6.07) is 0. The summed E-state index contributed by atoms with van der Waals surface area (Å²) in [5, 5.41) is 0. The molecular weight excluding hydrogens is 448 g/mol. The van der Waals surface area contributed by atoms with Crippen molar-refractivity contribution in [1.82, 2.24) is 0 Å². The normalized spacial score (nSPS) is 49.1. The molecule has 5 heteroatoms.